The van der Waals surface area contributed by atoms with Crippen molar-refractivity contribution in [1.82, 2.24) is 0 Å². The number of hydrogen-bond donors (Lipinski definition) is 4. The van der Waals surface area contributed by atoms with Gasteiger partial charge in [-0.25, -0.2) is 0 Å². The van der Waals surface area contributed by atoms with Crippen LogP contribution in [0.2, 0.25) is 0 Å². The fraction of sp³-hybridized carbons (Fsp3) is 0.200. The van der Waals surface area contributed by atoms with E-state index in [0.717, 1.165) is 40.2 Å². The Morgan fingerprint density at radius 3 is 2.50 bits per heavy atom. The largest absolute Gasteiger partial charge is 0.404 e. The summed E-state index contributed by atoms with van der Waals surface area (Å²) in [4.78, 5) is 14.6. The number of nitrogens with one attached hydrogen (secondary N) is 3. The smallest absolute Gasteiger partial charge is 0.121 e. The minimum absolute atomic E-state index is 0.458. The Labute approximate surface area is 154 Å². The first-order chi connectivity index (χ1) is 12.7. The highest BCUT2D eigenvalue weighted by atomic mass is 16.1. The summed E-state index contributed by atoms with van der Waals surface area (Å²) in [6.07, 6.45) is 4.64. The topological polar surface area (TPSA) is 91.5 Å². The van der Waals surface area contributed by atoms with Crippen LogP contribution >= 0.6 is 0 Å². The molecule has 0 aliphatic heterocycles. The normalized spacial score (nSPS) is 11.4. The summed E-state index contributed by atoms with van der Waals surface area (Å²) in [5.41, 5.74) is 11.3. The number of hydrogen-bond acceptors (Lipinski definition) is 6. The van der Waals surface area contributed by atoms with E-state index >= 15 is 0 Å². The number of aldehydes is 1. The van der Waals surface area contributed by atoms with Crippen LogP contribution in [-0.4, -0.2) is 33.1 Å². The van der Waals surface area contributed by atoms with Crippen molar-refractivity contribution in [1.29, 1.82) is 0 Å². The lowest BCUT2D eigenvalue weighted by molar-refractivity contribution is -0.107. The maximum absolute atomic E-state index is 10.6. The van der Waals surface area contributed by atoms with Crippen molar-refractivity contribution in [2.24, 2.45) is 10.7 Å². The third kappa shape index (κ3) is 4.86. The average molecular weight is 351 g/mol. The van der Waals surface area contributed by atoms with Gasteiger partial charge in [-0.3, -0.25) is 4.99 Å². The Morgan fingerprint density at radius 2 is 1.88 bits per heavy atom. The third-order valence-corrected chi connectivity index (χ3v) is 3.84. The second-order valence-corrected chi connectivity index (χ2v) is 5.57. The number of rotatable bonds is 9. The summed E-state index contributed by atoms with van der Waals surface area (Å²) in [7, 11) is 3.59. The van der Waals surface area contributed by atoms with E-state index in [9.17, 15) is 4.79 Å². The molecule has 6 nitrogen and oxygen atoms in total. The number of nitrogens with zero attached hydrogens (tertiary/aromatic N) is 1. The summed E-state index contributed by atoms with van der Waals surface area (Å²) in [6, 6.07) is 13.9. The zero-order valence-corrected chi connectivity index (χ0v) is 15.1. The van der Waals surface area contributed by atoms with E-state index in [1.54, 1.807) is 19.5 Å². The first-order valence-corrected chi connectivity index (χ1v) is 8.43. The molecule has 0 heterocycles. The van der Waals surface area contributed by atoms with Crippen molar-refractivity contribution >= 4 is 40.8 Å². The molecule has 26 heavy (non-hydrogen) atoms. The van der Waals surface area contributed by atoms with Crippen LogP contribution in [0.3, 0.4) is 0 Å². The van der Waals surface area contributed by atoms with Gasteiger partial charge in [-0.15, -0.1) is 0 Å². The highest BCUT2D eigenvalue weighted by molar-refractivity contribution is 6.09. The number of anilines is 4. The highest BCUT2D eigenvalue weighted by Gasteiger charge is 2.08. The van der Waals surface area contributed by atoms with Crippen LogP contribution in [0.5, 0.6) is 0 Å². The Hall–Kier alpha value is -3.28. The summed E-state index contributed by atoms with van der Waals surface area (Å²) in [6.45, 7) is 0.580. The molecule has 0 aliphatic carbocycles. The molecular weight excluding hydrogens is 326 g/mol. The van der Waals surface area contributed by atoms with Gasteiger partial charge in [-0.05, 0) is 29.8 Å². The number of para-hydroxylation sites is 1. The summed E-state index contributed by atoms with van der Waals surface area (Å²) >= 11 is 0. The van der Waals surface area contributed by atoms with Crippen LogP contribution in [0.1, 0.15) is 12.0 Å². The van der Waals surface area contributed by atoms with E-state index in [0.29, 0.717) is 13.0 Å². The summed E-state index contributed by atoms with van der Waals surface area (Å²) in [5, 5.41) is 9.89. The van der Waals surface area contributed by atoms with Crippen molar-refractivity contribution in [2.45, 2.75) is 6.42 Å². The van der Waals surface area contributed by atoms with Gasteiger partial charge in [-0.2, -0.15) is 0 Å². The molecule has 2 aromatic carbocycles. The Bertz CT molecular complexity index is 781. The minimum atomic E-state index is 0.458. The molecule has 0 bridgehead atoms. The molecular formula is C20H25N5O. The molecule has 0 amide bonds. The number of aliphatic imine (C=N–C) groups is 1. The zero-order chi connectivity index (χ0) is 18.8. The SMILES string of the molecule is CN=CC(=CN)c1ccc(Nc2cccc(NC)c2NCCC=O)cc1. The lowest BCUT2D eigenvalue weighted by Gasteiger charge is -2.17. The number of benzene rings is 2. The predicted molar refractivity (Wildman–Crippen MR) is 111 cm³/mol. The summed E-state index contributed by atoms with van der Waals surface area (Å²) in [5.74, 6) is 0. The standard InChI is InChI=1S/C20H25N5O/c1-22-14-16(13-21)15-7-9-17(10-8-15)25-19-6-3-5-18(23-2)20(19)24-11-4-12-26/h3,5-10,12-14,23-25H,4,11,21H2,1-2H3. The summed E-state index contributed by atoms with van der Waals surface area (Å²) < 4.78 is 0. The van der Waals surface area contributed by atoms with Crippen molar-refractivity contribution < 1.29 is 4.79 Å². The molecule has 0 unspecified atom stereocenters. The van der Waals surface area contributed by atoms with E-state index in [-0.39, 0.29) is 0 Å². The highest BCUT2D eigenvalue weighted by Crippen LogP contribution is 2.32. The quantitative estimate of drug-likeness (QED) is 0.315. The maximum atomic E-state index is 10.6. The molecule has 0 saturated heterocycles. The molecule has 136 valence electrons. The van der Waals surface area contributed by atoms with Crippen LogP contribution in [-0.2, 0) is 4.79 Å². The Morgan fingerprint density at radius 1 is 1.15 bits per heavy atom. The number of nitrogens with two attached hydrogens (primary N) is 1. The van der Waals surface area contributed by atoms with Gasteiger partial charge in [0.2, 0.25) is 0 Å². The van der Waals surface area contributed by atoms with Crippen molar-refractivity contribution in [2.75, 3.05) is 36.6 Å². The number of carbonyl (C=O) groups excluding carboxylic acids is 1. The van der Waals surface area contributed by atoms with Crippen LogP contribution in [0, 0.1) is 0 Å². The van der Waals surface area contributed by atoms with Gasteiger partial charge in [0, 0.05) is 50.7 Å². The third-order valence-electron chi connectivity index (χ3n) is 3.84. The monoisotopic (exact) mass is 351 g/mol. The molecule has 2 aromatic rings. The van der Waals surface area contributed by atoms with Crippen molar-refractivity contribution in [3.63, 3.8) is 0 Å². The molecule has 0 spiro atoms. The first kappa shape index (κ1) is 19.1. The molecule has 0 saturated carbocycles. The van der Waals surface area contributed by atoms with Gasteiger partial charge < -0.3 is 26.5 Å². The lowest BCUT2D eigenvalue weighted by atomic mass is 10.1. The second-order valence-electron chi connectivity index (χ2n) is 5.57. The van der Waals surface area contributed by atoms with Gasteiger partial charge in [0.1, 0.15) is 6.29 Å². The predicted octanol–water partition coefficient (Wildman–Crippen LogP) is 3.47. The maximum Gasteiger partial charge on any atom is 0.121 e. The Balaban J connectivity index is 2.23. The molecule has 0 aliphatic rings. The molecule has 0 radical (unpaired) electrons. The zero-order valence-electron chi connectivity index (χ0n) is 15.1. The van der Waals surface area contributed by atoms with E-state index < -0.39 is 0 Å². The molecule has 5 N–H and O–H groups in total. The van der Waals surface area contributed by atoms with Gasteiger partial charge in [0.25, 0.3) is 0 Å². The molecule has 0 fully saturated rings. The number of carbonyl (C=O) groups is 1. The lowest BCUT2D eigenvalue weighted by Crippen LogP contribution is -2.07. The molecule has 0 atom stereocenters. The van der Waals surface area contributed by atoms with Crippen LogP contribution in [0.4, 0.5) is 22.7 Å². The van der Waals surface area contributed by atoms with E-state index in [1.165, 1.54) is 0 Å². The van der Waals surface area contributed by atoms with E-state index in [2.05, 4.69) is 20.9 Å². The van der Waals surface area contributed by atoms with Gasteiger partial charge in [-0.1, -0.05) is 18.2 Å². The number of allylic oxidation sites excluding steroid dienone is 1. The van der Waals surface area contributed by atoms with Gasteiger partial charge in [0.15, 0.2) is 0 Å². The van der Waals surface area contributed by atoms with Crippen LogP contribution in [0.15, 0.2) is 53.7 Å². The molecule has 0 aromatic heterocycles. The minimum Gasteiger partial charge on any atom is -0.404 e. The Kier molecular flexibility index (Phi) is 7.24. The average Bonchev–Trinajstić information content (AvgIpc) is 2.68. The van der Waals surface area contributed by atoms with Crippen molar-refractivity contribution in [3.05, 3.63) is 54.2 Å². The first-order valence-electron chi connectivity index (χ1n) is 8.43. The van der Waals surface area contributed by atoms with Gasteiger partial charge in [0.05, 0.1) is 17.1 Å². The van der Waals surface area contributed by atoms with Crippen LogP contribution in [0.25, 0.3) is 5.57 Å². The second kappa shape index (κ2) is 9.88. The fourth-order valence-electron chi connectivity index (χ4n) is 2.57. The molecule has 6 heteroatoms. The van der Waals surface area contributed by atoms with E-state index in [1.807, 2.05) is 49.5 Å². The van der Waals surface area contributed by atoms with Crippen LogP contribution < -0.4 is 21.7 Å². The van der Waals surface area contributed by atoms with E-state index in [4.69, 9.17) is 5.73 Å². The fourth-order valence-corrected chi connectivity index (χ4v) is 2.57. The van der Waals surface area contributed by atoms with Gasteiger partial charge >= 0.3 is 0 Å². The molecule has 2 rings (SSSR count). The van der Waals surface area contributed by atoms with Crippen molar-refractivity contribution in [3.8, 4) is 0 Å².